The quantitative estimate of drug-likeness (QED) is 0.549. The molecule has 0 N–H and O–H groups in total. The average Bonchev–Trinajstić information content (AvgIpc) is 3.04. The van der Waals surface area contributed by atoms with Crippen LogP contribution in [-0.4, -0.2) is 58.6 Å². The van der Waals surface area contributed by atoms with Gasteiger partial charge in [0.15, 0.2) is 4.80 Å². The van der Waals surface area contributed by atoms with Crippen LogP contribution in [0.1, 0.15) is 33.1 Å². The van der Waals surface area contributed by atoms with Crippen molar-refractivity contribution in [3.05, 3.63) is 28.0 Å². The van der Waals surface area contributed by atoms with Gasteiger partial charge in [-0.15, -0.1) is 11.8 Å². The lowest BCUT2D eigenvalue weighted by molar-refractivity contribution is -0.131. The number of carbonyl (C=O) groups is 2. The summed E-state index contributed by atoms with van der Waals surface area (Å²) in [5.41, 5.74) is 0.984. The van der Waals surface area contributed by atoms with Gasteiger partial charge < -0.3 is 14.2 Å². The molecule has 2 amide bonds. The number of piperidine rings is 1. The third kappa shape index (κ3) is 6.09. The zero-order valence-corrected chi connectivity index (χ0v) is 19.8. The molecule has 0 saturated carbocycles. The van der Waals surface area contributed by atoms with E-state index in [1.165, 1.54) is 29.5 Å². The van der Waals surface area contributed by atoms with Crippen molar-refractivity contribution in [3.8, 4) is 0 Å². The Hall–Kier alpha value is -1.35. The highest BCUT2D eigenvalue weighted by atomic mass is 35.5. The van der Waals surface area contributed by atoms with E-state index < -0.39 is 0 Å². The Morgan fingerprint density at radius 2 is 2.17 bits per heavy atom. The molecular formula is C21H28ClN3O3S2. The first-order valence-electron chi connectivity index (χ1n) is 10.3. The van der Waals surface area contributed by atoms with Gasteiger partial charge in [-0.2, -0.15) is 4.99 Å². The summed E-state index contributed by atoms with van der Waals surface area (Å²) in [7, 11) is 0. The van der Waals surface area contributed by atoms with Crippen molar-refractivity contribution in [1.29, 1.82) is 0 Å². The molecule has 1 unspecified atom stereocenters. The lowest BCUT2D eigenvalue weighted by Gasteiger charge is -2.33. The number of likely N-dealkylation sites (tertiary alicyclic amines) is 1. The predicted molar refractivity (Wildman–Crippen MR) is 124 cm³/mol. The molecule has 1 aromatic heterocycles. The van der Waals surface area contributed by atoms with Crippen molar-refractivity contribution in [1.82, 2.24) is 9.47 Å². The van der Waals surface area contributed by atoms with E-state index in [0.717, 1.165) is 29.6 Å². The average molecular weight is 470 g/mol. The number of ether oxygens (including phenoxy) is 1. The smallest absolute Gasteiger partial charge is 0.258 e. The molecule has 0 spiro atoms. The van der Waals surface area contributed by atoms with Gasteiger partial charge in [0.05, 0.1) is 28.3 Å². The number of fused-ring (bicyclic) bond motifs is 1. The van der Waals surface area contributed by atoms with Gasteiger partial charge in [-0.3, -0.25) is 9.59 Å². The molecule has 1 aliphatic rings. The highest BCUT2D eigenvalue weighted by Crippen LogP contribution is 2.22. The van der Waals surface area contributed by atoms with E-state index in [1.54, 1.807) is 0 Å². The van der Waals surface area contributed by atoms with Crippen LogP contribution in [0.2, 0.25) is 5.02 Å². The number of aromatic nitrogens is 1. The standard InChI is InChI=1S/C21H28ClN3O3S2/c1-3-28-11-10-25-17-8-7-16(22)12-18(17)30-21(25)23-19(26)13-29-14-20(27)24-9-5-4-6-15(24)2/h7-8,12,15H,3-6,9-11,13-14H2,1-2H3. The maximum Gasteiger partial charge on any atom is 0.258 e. The van der Waals surface area contributed by atoms with Gasteiger partial charge in [-0.1, -0.05) is 22.9 Å². The summed E-state index contributed by atoms with van der Waals surface area (Å²) < 4.78 is 8.46. The topological polar surface area (TPSA) is 63.9 Å². The van der Waals surface area contributed by atoms with Gasteiger partial charge in [0.1, 0.15) is 0 Å². The summed E-state index contributed by atoms with van der Waals surface area (Å²) in [6, 6.07) is 5.95. The fourth-order valence-electron chi connectivity index (χ4n) is 3.56. The Balaban J connectivity index is 1.66. The molecule has 9 heteroatoms. The lowest BCUT2D eigenvalue weighted by atomic mass is 10.0. The van der Waals surface area contributed by atoms with E-state index in [-0.39, 0.29) is 17.6 Å². The van der Waals surface area contributed by atoms with Crippen LogP contribution in [0.4, 0.5) is 0 Å². The third-order valence-corrected chi connectivity index (χ3v) is 7.28. The van der Waals surface area contributed by atoms with Crippen LogP contribution in [0, 0.1) is 0 Å². The van der Waals surface area contributed by atoms with E-state index >= 15 is 0 Å². The first-order valence-corrected chi connectivity index (χ1v) is 12.7. The zero-order valence-electron chi connectivity index (χ0n) is 17.4. The number of thioether (sulfide) groups is 1. The molecule has 3 rings (SSSR count). The maximum atomic E-state index is 12.5. The SMILES string of the molecule is CCOCCn1c(=NC(=O)CSCC(=O)N2CCCCC2C)sc2cc(Cl)ccc21. The second-order valence-electron chi connectivity index (χ2n) is 7.28. The maximum absolute atomic E-state index is 12.5. The first-order chi connectivity index (χ1) is 14.5. The van der Waals surface area contributed by atoms with Gasteiger partial charge in [-0.25, -0.2) is 0 Å². The van der Waals surface area contributed by atoms with E-state index in [4.69, 9.17) is 16.3 Å². The molecule has 164 valence electrons. The largest absolute Gasteiger partial charge is 0.380 e. The van der Waals surface area contributed by atoms with E-state index in [0.29, 0.717) is 41.4 Å². The highest BCUT2D eigenvalue weighted by Gasteiger charge is 2.22. The normalized spacial score (nSPS) is 17.6. The van der Waals surface area contributed by atoms with Crippen LogP contribution < -0.4 is 4.80 Å². The second-order valence-corrected chi connectivity index (χ2v) is 9.71. The first kappa shape index (κ1) is 23.3. The number of hydrogen-bond donors (Lipinski definition) is 0. The number of benzene rings is 1. The van der Waals surface area contributed by atoms with Crippen LogP contribution in [0.25, 0.3) is 10.2 Å². The summed E-state index contributed by atoms with van der Waals surface area (Å²) >= 11 is 8.90. The minimum Gasteiger partial charge on any atom is -0.380 e. The Morgan fingerprint density at radius 1 is 1.33 bits per heavy atom. The van der Waals surface area contributed by atoms with Crippen molar-refractivity contribution in [2.24, 2.45) is 4.99 Å². The number of carbonyl (C=O) groups excluding carboxylic acids is 2. The van der Waals surface area contributed by atoms with Gasteiger partial charge in [0.2, 0.25) is 5.91 Å². The van der Waals surface area contributed by atoms with Crippen LogP contribution in [0.15, 0.2) is 23.2 Å². The summed E-state index contributed by atoms with van der Waals surface area (Å²) in [5, 5.41) is 0.652. The van der Waals surface area contributed by atoms with Crippen molar-refractivity contribution in [3.63, 3.8) is 0 Å². The molecule has 6 nitrogen and oxygen atoms in total. The molecule has 1 aliphatic heterocycles. The molecule has 0 bridgehead atoms. The van der Waals surface area contributed by atoms with E-state index in [9.17, 15) is 9.59 Å². The van der Waals surface area contributed by atoms with Crippen LogP contribution >= 0.6 is 34.7 Å². The summed E-state index contributed by atoms with van der Waals surface area (Å²) in [5.74, 6) is 0.387. The Bertz CT molecular complexity index is 957. The van der Waals surface area contributed by atoms with Crippen molar-refractivity contribution >= 4 is 56.7 Å². The number of thiazole rings is 1. The summed E-state index contributed by atoms with van der Waals surface area (Å²) in [6.45, 7) is 6.66. The number of nitrogens with zero attached hydrogens (tertiary/aromatic N) is 3. The Morgan fingerprint density at radius 3 is 2.93 bits per heavy atom. The molecule has 30 heavy (non-hydrogen) atoms. The third-order valence-electron chi connectivity index (χ3n) is 5.10. The number of hydrogen-bond acceptors (Lipinski definition) is 5. The molecule has 0 radical (unpaired) electrons. The Labute approximate surface area is 190 Å². The van der Waals surface area contributed by atoms with Gasteiger partial charge in [0, 0.05) is 30.8 Å². The molecule has 2 heterocycles. The fourth-order valence-corrected chi connectivity index (χ4v) is 5.60. The molecule has 1 fully saturated rings. The fraction of sp³-hybridized carbons (Fsp3) is 0.571. The molecule has 1 aromatic carbocycles. The molecule has 2 aromatic rings. The van der Waals surface area contributed by atoms with Gasteiger partial charge in [0.25, 0.3) is 5.91 Å². The summed E-state index contributed by atoms with van der Waals surface area (Å²) in [6.07, 6.45) is 3.30. The minimum absolute atomic E-state index is 0.114. The van der Waals surface area contributed by atoms with Crippen LogP contribution in [0.5, 0.6) is 0 Å². The van der Waals surface area contributed by atoms with Crippen molar-refractivity contribution < 1.29 is 14.3 Å². The molecule has 0 aliphatic carbocycles. The highest BCUT2D eigenvalue weighted by molar-refractivity contribution is 8.00. The predicted octanol–water partition coefficient (Wildman–Crippen LogP) is 3.95. The number of halogens is 1. The zero-order chi connectivity index (χ0) is 21.5. The lowest BCUT2D eigenvalue weighted by Crippen LogP contribution is -2.43. The van der Waals surface area contributed by atoms with Crippen molar-refractivity contribution in [2.45, 2.75) is 45.7 Å². The Kier molecular flexibility index (Phi) is 8.80. The van der Waals surface area contributed by atoms with Gasteiger partial charge >= 0.3 is 0 Å². The second kappa shape index (κ2) is 11.3. The number of rotatable bonds is 8. The van der Waals surface area contributed by atoms with Crippen LogP contribution in [-0.2, 0) is 20.9 Å². The van der Waals surface area contributed by atoms with Crippen LogP contribution in [0.3, 0.4) is 0 Å². The van der Waals surface area contributed by atoms with E-state index in [2.05, 4.69) is 11.9 Å². The number of amides is 2. The van der Waals surface area contributed by atoms with Gasteiger partial charge in [-0.05, 0) is 51.3 Å². The summed E-state index contributed by atoms with van der Waals surface area (Å²) in [4.78, 5) is 31.8. The van der Waals surface area contributed by atoms with Crippen molar-refractivity contribution in [2.75, 3.05) is 31.3 Å². The molecule has 1 saturated heterocycles. The molecule has 1 atom stereocenters. The van der Waals surface area contributed by atoms with E-state index in [1.807, 2.05) is 34.6 Å². The minimum atomic E-state index is -0.234. The monoisotopic (exact) mass is 469 g/mol. The molecular weight excluding hydrogens is 442 g/mol.